The van der Waals surface area contributed by atoms with E-state index in [1.807, 2.05) is 25.1 Å². The summed E-state index contributed by atoms with van der Waals surface area (Å²) in [5.41, 5.74) is 2.09. The molecule has 24 heavy (non-hydrogen) atoms. The van der Waals surface area contributed by atoms with E-state index in [0.717, 1.165) is 26.5 Å². The number of aromatic nitrogens is 2. The lowest BCUT2D eigenvalue weighted by Gasteiger charge is -2.17. The zero-order chi connectivity index (χ0) is 17.5. The smallest absolute Gasteiger partial charge is 0.237 e. The van der Waals surface area contributed by atoms with Crippen LogP contribution in [0.1, 0.15) is 45.6 Å². The van der Waals surface area contributed by atoms with E-state index >= 15 is 0 Å². The highest BCUT2D eigenvalue weighted by Crippen LogP contribution is 2.32. The van der Waals surface area contributed by atoms with E-state index in [4.69, 9.17) is 0 Å². The summed E-state index contributed by atoms with van der Waals surface area (Å²) >= 11 is 4.67. The quantitative estimate of drug-likeness (QED) is 0.630. The van der Waals surface area contributed by atoms with Crippen LogP contribution in [0.4, 0.5) is 5.69 Å². The van der Waals surface area contributed by atoms with Crippen molar-refractivity contribution < 1.29 is 4.79 Å². The van der Waals surface area contributed by atoms with Crippen LogP contribution in [0.5, 0.6) is 0 Å². The molecule has 2 rings (SSSR count). The Morgan fingerprint density at radius 3 is 2.62 bits per heavy atom. The van der Waals surface area contributed by atoms with Crippen molar-refractivity contribution in [2.45, 2.75) is 54.0 Å². The molecule has 0 aliphatic heterocycles. The first-order chi connectivity index (χ1) is 11.5. The Kier molecular flexibility index (Phi) is 7.58. The van der Waals surface area contributed by atoms with Crippen molar-refractivity contribution in [2.24, 2.45) is 0 Å². The third-order valence-electron chi connectivity index (χ3n) is 3.66. The fourth-order valence-electron chi connectivity index (χ4n) is 2.13. The van der Waals surface area contributed by atoms with Crippen LogP contribution in [0.3, 0.4) is 0 Å². The first kappa shape index (κ1) is 19.3. The molecule has 2 atom stereocenters. The van der Waals surface area contributed by atoms with Crippen LogP contribution >= 0.6 is 34.9 Å². The number of hydrogen-bond acceptors (Lipinski definition) is 6. The van der Waals surface area contributed by atoms with Crippen molar-refractivity contribution in [3.05, 3.63) is 29.8 Å². The van der Waals surface area contributed by atoms with Crippen molar-refractivity contribution in [2.75, 3.05) is 11.1 Å². The molecule has 0 spiro atoms. The van der Waals surface area contributed by atoms with Gasteiger partial charge in [-0.15, -0.1) is 10.2 Å². The third-order valence-corrected chi connectivity index (χ3v) is 6.79. The summed E-state index contributed by atoms with van der Waals surface area (Å²) in [6, 6.07) is 8.03. The number of anilines is 1. The van der Waals surface area contributed by atoms with E-state index < -0.39 is 0 Å². The van der Waals surface area contributed by atoms with Crippen LogP contribution in [-0.4, -0.2) is 27.1 Å². The van der Waals surface area contributed by atoms with E-state index in [0.29, 0.717) is 5.92 Å². The maximum Gasteiger partial charge on any atom is 0.237 e. The number of hydrogen-bond donors (Lipinski definition) is 1. The molecular weight excluding hydrogens is 358 g/mol. The topological polar surface area (TPSA) is 54.9 Å². The molecule has 0 fully saturated rings. The minimum absolute atomic E-state index is 0.00403. The van der Waals surface area contributed by atoms with Crippen molar-refractivity contribution in [1.29, 1.82) is 0 Å². The highest BCUT2D eigenvalue weighted by molar-refractivity contribution is 8.03. The normalized spacial score (nSPS) is 13.5. The standard InChI is InChI=1S/C17H23N3OS3/c1-5-11(3)13-9-7-8-10-14(13)18-15(21)12(4)23-17-20-19-16(24-17)22-6-2/h7-12H,5-6H2,1-4H3,(H,18,21)/t11-,12+/m1/s1. The molecule has 0 unspecified atom stereocenters. The Morgan fingerprint density at radius 1 is 1.21 bits per heavy atom. The third kappa shape index (κ3) is 5.22. The van der Waals surface area contributed by atoms with Crippen LogP contribution < -0.4 is 5.32 Å². The largest absolute Gasteiger partial charge is 0.325 e. The Morgan fingerprint density at radius 2 is 1.92 bits per heavy atom. The molecule has 0 saturated carbocycles. The molecule has 1 aromatic heterocycles. The van der Waals surface area contributed by atoms with Crippen LogP contribution in [0, 0.1) is 0 Å². The second kappa shape index (κ2) is 9.44. The molecule has 4 nitrogen and oxygen atoms in total. The number of para-hydroxylation sites is 1. The lowest BCUT2D eigenvalue weighted by atomic mass is 9.97. The van der Waals surface area contributed by atoms with E-state index in [2.05, 4.69) is 42.4 Å². The number of rotatable bonds is 8. The average Bonchev–Trinajstić information content (AvgIpc) is 3.02. The predicted molar refractivity (Wildman–Crippen MR) is 105 cm³/mol. The number of nitrogens with one attached hydrogen (secondary N) is 1. The fourth-order valence-corrected chi connectivity index (χ4v) is 5.19. The van der Waals surface area contributed by atoms with Crippen LogP contribution in [0.2, 0.25) is 0 Å². The molecule has 1 amide bonds. The van der Waals surface area contributed by atoms with E-state index in [-0.39, 0.29) is 11.2 Å². The van der Waals surface area contributed by atoms with Gasteiger partial charge < -0.3 is 5.32 Å². The molecule has 0 radical (unpaired) electrons. The SMILES string of the molecule is CCSc1nnc(S[C@@H](C)C(=O)Nc2ccccc2[C@H](C)CC)s1. The van der Waals surface area contributed by atoms with Crippen LogP contribution in [-0.2, 0) is 4.79 Å². The highest BCUT2D eigenvalue weighted by Gasteiger charge is 2.19. The molecule has 130 valence electrons. The van der Waals surface area contributed by atoms with Gasteiger partial charge >= 0.3 is 0 Å². The van der Waals surface area contributed by atoms with Gasteiger partial charge in [-0.3, -0.25) is 4.79 Å². The predicted octanol–water partition coefficient (Wildman–Crippen LogP) is 5.28. The van der Waals surface area contributed by atoms with Crippen molar-refractivity contribution in [1.82, 2.24) is 10.2 Å². The van der Waals surface area contributed by atoms with Gasteiger partial charge in [0.1, 0.15) is 0 Å². The van der Waals surface area contributed by atoms with E-state index in [9.17, 15) is 4.79 Å². The lowest BCUT2D eigenvalue weighted by Crippen LogP contribution is -2.23. The summed E-state index contributed by atoms with van der Waals surface area (Å²) in [5, 5.41) is 11.1. The molecule has 0 saturated heterocycles. The van der Waals surface area contributed by atoms with Gasteiger partial charge in [0.05, 0.1) is 5.25 Å². The monoisotopic (exact) mass is 381 g/mol. The van der Waals surface area contributed by atoms with E-state index in [1.54, 1.807) is 23.1 Å². The molecule has 1 N–H and O–H groups in total. The number of carbonyl (C=O) groups excluding carboxylic acids is 1. The van der Waals surface area contributed by atoms with Gasteiger partial charge in [-0.2, -0.15) is 0 Å². The summed E-state index contributed by atoms with van der Waals surface area (Å²) in [5.74, 6) is 1.39. The van der Waals surface area contributed by atoms with Crippen LogP contribution in [0.25, 0.3) is 0 Å². The van der Waals surface area contributed by atoms with E-state index in [1.165, 1.54) is 17.3 Å². The first-order valence-corrected chi connectivity index (χ1v) is 10.8. The molecule has 0 aliphatic rings. The molecular formula is C17H23N3OS3. The van der Waals surface area contributed by atoms with Gasteiger partial charge in [-0.05, 0) is 36.6 Å². The average molecular weight is 382 g/mol. The number of thioether (sulfide) groups is 2. The molecule has 1 heterocycles. The summed E-state index contributed by atoms with van der Waals surface area (Å²) in [6.45, 7) is 8.32. The summed E-state index contributed by atoms with van der Waals surface area (Å²) in [6.07, 6.45) is 1.04. The van der Waals surface area contributed by atoms with Gasteiger partial charge in [0, 0.05) is 5.69 Å². The van der Waals surface area contributed by atoms with Crippen molar-refractivity contribution >= 4 is 46.5 Å². The second-order valence-corrected chi connectivity index (χ2v) is 9.49. The Balaban J connectivity index is 2.01. The Hall–Kier alpha value is -1.05. The van der Waals surface area contributed by atoms with Crippen LogP contribution in [0.15, 0.2) is 32.9 Å². The maximum absolute atomic E-state index is 12.5. The zero-order valence-corrected chi connectivity index (χ0v) is 16.9. The Labute approximate surface area is 156 Å². The van der Waals surface area contributed by atoms with Crippen molar-refractivity contribution in [3.63, 3.8) is 0 Å². The minimum Gasteiger partial charge on any atom is -0.325 e. The summed E-state index contributed by atoms with van der Waals surface area (Å²) in [4.78, 5) is 12.5. The summed E-state index contributed by atoms with van der Waals surface area (Å²) < 4.78 is 1.79. The zero-order valence-electron chi connectivity index (χ0n) is 14.4. The number of carbonyl (C=O) groups is 1. The molecule has 0 bridgehead atoms. The lowest BCUT2D eigenvalue weighted by molar-refractivity contribution is -0.115. The fraction of sp³-hybridized carbons (Fsp3) is 0.471. The van der Waals surface area contributed by atoms with Crippen molar-refractivity contribution in [3.8, 4) is 0 Å². The van der Waals surface area contributed by atoms with Gasteiger partial charge in [-0.1, -0.05) is 73.8 Å². The molecule has 1 aromatic carbocycles. The molecule has 2 aromatic rings. The first-order valence-electron chi connectivity index (χ1n) is 8.07. The highest BCUT2D eigenvalue weighted by atomic mass is 32.2. The van der Waals surface area contributed by atoms with Gasteiger partial charge in [0.25, 0.3) is 0 Å². The number of amides is 1. The second-order valence-electron chi connectivity index (χ2n) is 5.41. The molecule has 7 heteroatoms. The number of nitrogens with zero attached hydrogens (tertiary/aromatic N) is 2. The van der Waals surface area contributed by atoms with Gasteiger partial charge in [0.2, 0.25) is 5.91 Å². The van der Waals surface area contributed by atoms with Gasteiger partial charge in [-0.25, -0.2) is 0 Å². The minimum atomic E-state index is -0.220. The Bertz CT molecular complexity index is 675. The number of benzene rings is 1. The maximum atomic E-state index is 12.5. The molecule has 0 aliphatic carbocycles. The summed E-state index contributed by atoms with van der Waals surface area (Å²) in [7, 11) is 0. The van der Waals surface area contributed by atoms with Gasteiger partial charge in [0.15, 0.2) is 8.68 Å².